The molecule has 0 radical (unpaired) electrons. The summed E-state index contributed by atoms with van der Waals surface area (Å²) in [7, 11) is 0. The summed E-state index contributed by atoms with van der Waals surface area (Å²) < 4.78 is 5.79. The van der Waals surface area contributed by atoms with E-state index in [1.54, 1.807) is 0 Å². The normalized spacial score (nSPS) is 11.8. The topological polar surface area (TPSA) is 0 Å². The third kappa shape index (κ3) is 5.03. The Morgan fingerprint density at radius 1 is 0.606 bits per heavy atom. The molecule has 0 aliphatic carbocycles. The quantitative estimate of drug-likeness (QED) is 0.178. The van der Waals surface area contributed by atoms with Gasteiger partial charge >= 0.3 is 0 Å². The van der Waals surface area contributed by atoms with E-state index in [2.05, 4.69) is 74.5 Å². The minimum atomic E-state index is 1.22. The van der Waals surface area contributed by atoms with Crippen LogP contribution in [0.25, 0.3) is 40.7 Å². The molecule has 0 nitrogen and oxygen atoms in total. The Balaban J connectivity index is 1.31. The number of fused-ring (bicyclic) bond motifs is 5. The van der Waals surface area contributed by atoms with Crippen LogP contribution in [0.5, 0.6) is 0 Å². The van der Waals surface area contributed by atoms with Gasteiger partial charge in [-0.1, -0.05) is 106 Å². The molecule has 0 amide bonds. The number of rotatable bonds is 10. The molecule has 0 aliphatic rings. The Morgan fingerprint density at radius 3 is 1.97 bits per heavy atom. The van der Waals surface area contributed by atoms with Crippen LogP contribution in [0, 0.1) is 6.92 Å². The van der Waals surface area contributed by atoms with E-state index in [4.69, 9.17) is 0 Å². The number of unbranched alkanes of at least 4 members (excludes halogenated alkanes) is 7. The van der Waals surface area contributed by atoms with Crippen LogP contribution in [0.2, 0.25) is 0 Å². The maximum Gasteiger partial charge on any atom is 0.0542 e. The summed E-state index contributed by atoms with van der Waals surface area (Å²) >= 11 is 3.94. The fraction of sp³-hybridized carbons (Fsp3) is 0.355. The first-order chi connectivity index (χ1) is 16.2. The first kappa shape index (κ1) is 22.6. The molecule has 5 rings (SSSR count). The highest BCUT2D eigenvalue weighted by Crippen LogP contribution is 2.45. The Hall–Kier alpha value is -2.16. The van der Waals surface area contributed by atoms with Crippen LogP contribution < -0.4 is 0 Å². The lowest BCUT2D eigenvalue weighted by Gasteiger charge is -2.04. The monoisotopic (exact) mass is 470 g/mol. The van der Waals surface area contributed by atoms with Crippen LogP contribution in [0.1, 0.15) is 69.4 Å². The molecular formula is C31H34S2. The maximum atomic E-state index is 2.46. The molecule has 0 saturated heterocycles. The zero-order chi connectivity index (χ0) is 22.6. The first-order valence-corrected chi connectivity index (χ1v) is 14.3. The molecule has 0 fully saturated rings. The minimum Gasteiger partial charge on any atom is -0.134 e. The summed E-state index contributed by atoms with van der Waals surface area (Å²) in [6, 6.07) is 23.0. The lowest BCUT2D eigenvalue weighted by atomic mass is 10.0. The second kappa shape index (κ2) is 10.4. The zero-order valence-electron chi connectivity index (χ0n) is 20.0. The van der Waals surface area contributed by atoms with Crippen molar-refractivity contribution in [2.45, 2.75) is 71.6 Å². The highest BCUT2D eigenvalue weighted by Gasteiger charge is 2.13. The van der Waals surface area contributed by atoms with Gasteiger partial charge in [0.25, 0.3) is 0 Å². The summed E-state index contributed by atoms with van der Waals surface area (Å²) in [6.45, 7) is 4.46. The van der Waals surface area contributed by atoms with Gasteiger partial charge in [-0.15, -0.1) is 22.7 Å². The molecule has 2 heteroatoms. The molecule has 170 valence electrons. The standard InChI is InChI=1S/C31H34S2/c1-3-4-5-6-7-8-9-10-13-23-15-17-26-28(20-23)32-31-27-18-16-25(21-29(27)33-30(26)31)24-14-11-12-22(2)19-24/h11-12,14-21H,3-10,13H2,1-2H3. The third-order valence-electron chi connectivity index (χ3n) is 6.82. The van der Waals surface area contributed by atoms with Crippen LogP contribution in [0.15, 0.2) is 60.7 Å². The van der Waals surface area contributed by atoms with Crippen molar-refractivity contribution in [3.8, 4) is 11.1 Å². The fourth-order valence-corrected chi connectivity index (χ4v) is 7.68. The molecule has 5 aromatic rings. The largest absolute Gasteiger partial charge is 0.134 e. The van der Waals surface area contributed by atoms with Crippen LogP contribution in [-0.2, 0) is 6.42 Å². The van der Waals surface area contributed by atoms with E-state index in [1.165, 1.54) is 110 Å². The van der Waals surface area contributed by atoms with Crippen LogP contribution in [0.4, 0.5) is 0 Å². The van der Waals surface area contributed by atoms with Gasteiger partial charge in [-0.05, 0) is 48.6 Å². The second-order valence-corrected chi connectivity index (χ2v) is 11.6. The number of thiophene rings is 2. The molecule has 0 N–H and O–H groups in total. The predicted molar refractivity (Wildman–Crippen MR) is 151 cm³/mol. The van der Waals surface area contributed by atoms with E-state index >= 15 is 0 Å². The van der Waals surface area contributed by atoms with E-state index in [9.17, 15) is 0 Å². The molecule has 0 bridgehead atoms. The van der Waals surface area contributed by atoms with Gasteiger partial charge in [-0.2, -0.15) is 0 Å². The van der Waals surface area contributed by atoms with Crippen molar-refractivity contribution in [1.29, 1.82) is 0 Å². The average molecular weight is 471 g/mol. The molecule has 0 atom stereocenters. The van der Waals surface area contributed by atoms with Gasteiger partial charge in [0.1, 0.15) is 0 Å². The fourth-order valence-electron chi connectivity index (χ4n) is 4.92. The summed E-state index contributed by atoms with van der Waals surface area (Å²) in [6.07, 6.45) is 12.3. The van der Waals surface area contributed by atoms with Crippen molar-refractivity contribution in [3.63, 3.8) is 0 Å². The second-order valence-electron chi connectivity index (χ2n) is 9.50. The van der Waals surface area contributed by atoms with E-state index in [-0.39, 0.29) is 0 Å². The predicted octanol–water partition coefficient (Wildman–Crippen LogP) is 10.9. The van der Waals surface area contributed by atoms with Crippen molar-refractivity contribution >= 4 is 52.2 Å². The molecular weight excluding hydrogens is 436 g/mol. The molecule has 0 unspecified atom stereocenters. The Morgan fingerprint density at radius 2 is 1.24 bits per heavy atom. The molecule has 0 saturated carbocycles. The molecule has 2 heterocycles. The zero-order valence-corrected chi connectivity index (χ0v) is 21.6. The maximum absolute atomic E-state index is 2.46. The van der Waals surface area contributed by atoms with E-state index < -0.39 is 0 Å². The number of benzene rings is 3. The summed E-state index contributed by atoms with van der Waals surface area (Å²) in [4.78, 5) is 0. The third-order valence-corrected chi connectivity index (χ3v) is 9.32. The number of hydrogen-bond acceptors (Lipinski definition) is 2. The van der Waals surface area contributed by atoms with E-state index in [0.29, 0.717) is 0 Å². The highest BCUT2D eigenvalue weighted by atomic mass is 32.1. The van der Waals surface area contributed by atoms with Crippen LogP contribution in [-0.4, -0.2) is 0 Å². The van der Waals surface area contributed by atoms with Crippen LogP contribution in [0.3, 0.4) is 0 Å². The smallest absolute Gasteiger partial charge is 0.0542 e. The van der Waals surface area contributed by atoms with Crippen molar-refractivity contribution in [2.75, 3.05) is 0 Å². The molecule has 0 spiro atoms. The molecule has 3 aromatic carbocycles. The SMILES string of the molecule is CCCCCCCCCCc1ccc2c(c1)sc1c3ccc(-c4cccc(C)c4)cc3sc21. The average Bonchev–Trinajstić information content (AvgIpc) is 3.36. The summed E-state index contributed by atoms with van der Waals surface area (Å²) in [5, 5.41) is 2.85. The molecule has 0 aliphatic heterocycles. The van der Waals surface area contributed by atoms with Gasteiger partial charge in [-0.3, -0.25) is 0 Å². The van der Waals surface area contributed by atoms with Gasteiger partial charge in [0.05, 0.1) is 9.40 Å². The van der Waals surface area contributed by atoms with E-state index in [1.807, 2.05) is 22.7 Å². The summed E-state index contributed by atoms with van der Waals surface area (Å²) in [5.74, 6) is 0. The number of aryl methyl sites for hydroxylation is 2. The van der Waals surface area contributed by atoms with Gasteiger partial charge in [0.15, 0.2) is 0 Å². The molecule has 2 aromatic heterocycles. The Kier molecular flexibility index (Phi) is 7.13. The van der Waals surface area contributed by atoms with Crippen molar-refractivity contribution in [3.05, 3.63) is 71.8 Å². The van der Waals surface area contributed by atoms with Gasteiger partial charge < -0.3 is 0 Å². The minimum absolute atomic E-state index is 1.22. The summed E-state index contributed by atoms with van der Waals surface area (Å²) in [5.41, 5.74) is 5.45. The lowest BCUT2D eigenvalue weighted by Crippen LogP contribution is -1.86. The Bertz CT molecular complexity index is 1370. The van der Waals surface area contributed by atoms with Gasteiger partial charge in [0.2, 0.25) is 0 Å². The lowest BCUT2D eigenvalue weighted by molar-refractivity contribution is 0.575. The van der Waals surface area contributed by atoms with Crippen molar-refractivity contribution in [2.24, 2.45) is 0 Å². The Labute approximate surface area is 206 Å². The molecule has 33 heavy (non-hydrogen) atoms. The van der Waals surface area contributed by atoms with Gasteiger partial charge in [0, 0.05) is 20.2 Å². The van der Waals surface area contributed by atoms with Gasteiger partial charge in [-0.25, -0.2) is 0 Å². The van der Waals surface area contributed by atoms with Crippen LogP contribution >= 0.6 is 22.7 Å². The first-order valence-electron chi connectivity index (χ1n) is 12.7. The highest BCUT2D eigenvalue weighted by molar-refractivity contribution is 7.36. The van der Waals surface area contributed by atoms with E-state index in [0.717, 1.165) is 0 Å². The van der Waals surface area contributed by atoms with Crippen molar-refractivity contribution in [1.82, 2.24) is 0 Å². The number of hydrogen-bond donors (Lipinski definition) is 0. The van der Waals surface area contributed by atoms with Crippen molar-refractivity contribution < 1.29 is 0 Å².